The molecule has 0 fully saturated rings. The van der Waals surface area contributed by atoms with Crippen LogP contribution in [0.25, 0.3) is 6.08 Å². The van der Waals surface area contributed by atoms with E-state index in [0.717, 1.165) is 15.6 Å². The van der Waals surface area contributed by atoms with Crippen LogP contribution in [-0.2, 0) is 4.79 Å². The van der Waals surface area contributed by atoms with Gasteiger partial charge in [-0.05, 0) is 48.9 Å². The van der Waals surface area contributed by atoms with Gasteiger partial charge in [0.1, 0.15) is 17.3 Å². The smallest absolute Gasteiger partial charge is 0.266 e. The van der Waals surface area contributed by atoms with Gasteiger partial charge in [0.05, 0.1) is 5.69 Å². The molecule has 0 aromatic heterocycles. The fourth-order valence-corrected chi connectivity index (χ4v) is 3.54. The number of carbonyl (C=O) groups is 1. The number of halogens is 3. The zero-order chi connectivity index (χ0) is 20.5. The number of amidine groups is 1. The van der Waals surface area contributed by atoms with Crippen LogP contribution in [0.2, 0.25) is 5.02 Å². The summed E-state index contributed by atoms with van der Waals surface area (Å²) in [5.41, 5.74) is 2.63. The van der Waals surface area contributed by atoms with Gasteiger partial charge in [0.2, 0.25) is 0 Å². The standard InChI is InChI=1S/C23H15BrClFN2O/c1-14-18(25)6-4-8-21(14)28-22(15-9-11-17(24)12-10-15)27-20(23(28)29)13-16-5-2-3-7-19(16)26/h2-13H,1H3. The molecule has 6 heteroatoms. The van der Waals surface area contributed by atoms with Crippen LogP contribution >= 0.6 is 27.5 Å². The largest absolute Gasteiger partial charge is 0.282 e. The van der Waals surface area contributed by atoms with Crippen molar-refractivity contribution >= 4 is 51.0 Å². The summed E-state index contributed by atoms with van der Waals surface area (Å²) < 4.78 is 15.0. The van der Waals surface area contributed by atoms with Crippen LogP contribution in [-0.4, -0.2) is 11.7 Å². The van der Waals surface area contributed by atoms with Crippen molar-refractivity contribution in [2.24, 2.45) is 4.99 Å². The summed E-state index contributed by atoms with van der Waals surface area (Å²) in [6.07, 6.45) is 1.47. The Hall–Kier alpha value is -2.76. The van der Waals surface area contributed by atoms with E-state index in [0.29, 0.717) is 22.1 Å². The molecule has 0 N–H and O–H groups in total. The quantitative estimate of drug-likeness (QED) is 0.409. The lowest BCUT2D eigenvalue weighted by atomic mass is 10.1. The van der Waals surface area contributed by atoms with E-state index < -0.39 is 5.82 Å². The van der Waals surface area contributed by atoms with Crippen molar-refractivity contribution in [1.82, 2.24) is 0 Å². The van der Waals surface area contributed by atoms with E-state index in [1.54, 1.807) is 30.3 Å². The molecule has 0 saturated carbocycles. The summed E-state index contributed by atoms with van der Waals surface area (Å²) >= 11 is 9.71. The molecular formula is C23H15BrClFN2O. The van der Waals surface area contributed by atoms with Gasteiger partial charge in [0.15, 0.2) is 0 Å². The minimum atomic E-state index is -0.412. The molecule has 0 atom stereocenters. The van der Waals surface area contributed by atoms with Gasteiger partial charge in [-0.1, -0.05) is 63.9 Å². The summed E-state index contributed by atoms with van der Waals surface area (Å²) in [5, 5.41) is 0.553. The molecule has 4 rings (SSSR count). The molecule has 3 nitrogen and oxygen atoms in total. The SMILES string of the molecule is Cc1c(Cl)cccc1N1C(=O)C(=Cc2ccccc2F)N=C1c1ccc(Br)cc1. The van der Waals surface area contributed by atoms with E-state index in [1.165, 1.54) is 17.0 Å². The molecule has 0 saturated heterocycles. The van der Waals surface area contributed by atoms with Crippen molar-refractivity contribution in [2.75, 3.05) is 4.90 Å². The maximum Gasteiger partial charge on any atom is 0.282 e. The Bertz CT molecular complexity index is 1170. The lowest BCUT2D eigenvalue weighted by Crippen LogP contribution is -2.33. The number of amides is 1. The third-order valence-corrected chi connectivity index (χ3v) is 5.58. The van der Waals surface area contributed by atoms with E-state index in [-0.39, 0.29) is 11.6 Å². The molecule has 0 unspecified atom stereocenters. The average Bonchev–Trinajstić information content (AvgIpc) is 3.02. The molecule has 1 aliphatic rings. The minimum Gasteiger partial charge on any atom is -0.266 e. The molecule has 144 valence electrons. The van der Waals surface area contributed by atoms with E-state index in [2.05, 4.69) is 20.9 Å². The third-order valence-electron chi connectivity index (χ3n) is 4.64. The highest BCUT2D eigenvalue weighted by Crippen LogP contribution is 2.33. The first-order chi connectivity index (χ1) is 14.0. The zero-order valence-corrected chi connectivity index (χ0v) is 17.7. The summed E-state index contributed by atoms with van der Waals surface area (Å²) in [7, 11) is 0. The van der Waals surface area contributed by atoms with Crippen molar-refractivity contribution in [3.63, 3.8) is 0 Å². The number of rotatable bonds is 3. The fourth-order valence-electron chi connectivity index (χ4n) is 3.11. The number of hydrogen-bond donors (Lipinski definition) is 0. The number of carbonyl (C=O) groups excluding carboxylic acids is 1. The van der Waals surface area contributed by atoms with Crippen molar-refractivity contribution in [2.45, 2.75) is 6.92 Å². The van der Waals surface area contributed by atoms with E-state index >= 15 is 0 Å². The van der Waals surface area contributed by atoms with Crippen molar-refractivity contribution in [1.29, 1.82) is 0 Å². The molecule has 1 amide bonds. The van der Waals surface area contributed by atoms with Gasteiger partial charge in [0.25, 0.3) is 5.91 Å². The second-order valence-electron chi connectivity index (χ2n) is 6.52. The molecule has 29 heavy (non-hydrogen) atoms. The lowest BCUT2D eigenvalue weighted by Gasteiger charge is -2.21. The van der Waals surface area contributed by atoms with E-state index in [9.17, 15) is 9.18 Å². The van der Waals surface area contributed by atoms with Crippen LogP contribution in [0.3, 0.4) is 0 Å². The number of benzene rings is 3. The Labute approximate surface area is 181 Å². The highest BCUT2D eigenvalue weighted by molar-refractivity contribution is 9.10. The minimum absolute atomic E-state index is 0.160. The van der Waals surface area contributed by atoms with Crippen molar-refractivity contribution in [3.05, 3.63) is 104 Å². The molecular weight excluding hydrogens is 455 g/mol. The van der Waals surface area contributed by atoms with Gasteiger partial charge in [-0.2, -0.15) is 0 Å². The van der Waals surface area contributed by atoms with Crippen LogP contribution in [0.5, 0.6) is 0 Å². The average molecular weight is 470 g/mol. The van der Waals surface area contributed by atoms with Crippen LogP contribution < -0.4 is 4.90 Å². The highest BCUT2D eigenvalue weighted by atomic mass is 79.9. The second-order valence-corrected chi connectivity index (χ2v) is 7.84. The van der Waals surface area contributed by atoms with Crippen LogP contribution in [0.4, 0.5) is 10.1 Å². The van der Waals surface area contributed by atoms with Gasteiger partial charge in [-0.3, -0.25) is 9.69 Å². The van der Waals surface area contributed by atoms with Crippen molar-refractivity contribution in [3.8, 4) is 0 Å². The number of nitrogens with zero attached hydrogens (tertiary/aromatic N) is 2. The maximum atomic E-state index is 14.1. The van der Waals surface area contributed by atoms with Gasteiger partial charge >= 0.3 is 0 Å². The predicted molar refractivity (Wildman–Crippen MR) is 119 cm³/mol. The summed E-state index contributed by atoms with van der Waals surface area (Å²) in [6.45, 7) is 1.85. The molecule has 0 aliphatic carbocycles. The van der Waals surface area contributed by atoms with Gasteiger partial charge < -0.3 is 0 Å². The second kappa shape index (κ2) is 7.93. The summed E-state index contributed by atoms with van der Waals surface area (Å²) in [6, 6.07) is 19.2. The summed E-state index contributed by atoms with van der Waals surface area (Å²) in [4.78, 5) is 19.4. The summed E-state index contributed by atoms with van der Waals surface area (Å²) in [5.74, 6) is -0.280. The molecule has 3 aromatic carbocycles. The monoisotopic (exact) mass is 468 g/mol. The first kappa shape index (κ1) is 19.6. The number of aliphatic imine (C=N–C) groups is 1. The van der Waals surface area contributed by atoms with Crippen LogP contribution in [0.15, 0.2) is 81.9 Å². The third kappa shape index (κ3) is 3.76. The molecule has 0 spiro atoms. The van der Waals surface area contributed by atoms with Crippen molar-refractivity contribution < 1.29 is 9.18 Å². The van der Waals surface area contributed by atoms with Gasteiger partial charge in [0, 0.05) is 20.6 Å². The van der Waals surface area contributed by atoms with Crippen LogP contribution in [0, 0.1) is 12.7 Å². The van der Waals surface area contributed by atoms with Gasteiger partial charge in [-0.15, -0.1) is 0 Å². The molecule has 3 aromatic rings. The Morgan fingerprint density at radius 1 is 1.03 bits per heavy atom. The van der Waals surface area contributed by atoms with Crippen LogP contribution in [0.1, 0.15) is 16.7 Å². The maximum absolute atomic E-state index is 14.1. The lowest BCUT2D eigenvalue weighted by molar-refractivity contribution is -0.113. The first-order valence-electron chi connectivity index (χ1n) is 8.86. The Kier molecular flexibility index (Phi) is 5.35. The highest BCUT2D eigenvalue weighted by Gasteiger charge is 2.33. The number of anilines is 1. The van der Waals surface area contributed by atoms with Gasteiger partial charge in [-0.25, -0.2) is 9.38 Å². The normalized spacial score (nSPS) is 15.2. The zero-order valence-electron chi connectivity index (χ0n) is 15.4. The Balaban J connectivity index is 1.88. The van der Waals surface area contributed by atoms with E-state index in [1.807, 2.05) is 37.3 Å². The Morgan fingerprint density at radius 2 is 1.76 bits per heavy atom. The molecule has 1 heterocycles. The molecule has 0 bridgehead atoms. The molecule has 0 radical (unpaired) electrons. The van der Waals surface area contributed by atoms with E-state index in [4.69, 9.17) is 11.6 Å². The fraction of sp³-hybridized carbons (Fsp3) is 0.0435. The number of hydrogen-bond acceptors (Lipinski definition) is 2. The molecule has 1 aliphatic heterocycles. The first-order valence-corrected chi connectivity index (χ1v) is 10.0. The predicted octanol–water partition coefficient (Wildman–Crippen LogP) is 6.38. The topological polar surface area (TPSA) is 32.7 Å². The Morgan fingerprint density at radius 3 is 2.48 bits per heavy atom.